The highest BCUT2D eigenvalue weighted by molar-refractivity contribution is 5.27. The van der Waals surface area contributed by atoms with Gasteiger partial charge in [-0.15, -0.1) is 0 Å². The van der Waals surface area contributed by atoms with Gasteiger partial charge in [0.1, 0.15) is 5.75 Å². The van der Waals surface area contributed by atoms with Gasteiger partial charge in [0.05, 0.1) is 12.7 Å². The second-order valence-corrected chi connectivity index (χ2v) is 5.38. The molecule has 3 heteroatoms. The van der Waals surface area contributed by atoms with E-state index in [1.165, 1.54) is 5.56 Å². The number of methoxy groups -OCH3 is 1. The molecular weight excluding hydrogens is 226 g/mol. The van der Waals surface area contributed by atoms with E-state index in [-0.39, 0.29) is 0 Å². The summed E-state index contributed by atoms with van der Waals surface area (Å²) < 4.78 is 5.12. The molecule has 18 heavy (non-hydrogen) atoms. The van der Waals surface area contributed by atoms with Crippen LogP contribution in [-0.4, -0.2) is 30.4 Å². The van der Waals surface area contributed by atoms with E-state index in [4.69, 9.17) is 4.74 Å². The highest BCUT2D eigenvalue weighted by Gasteiger charge is 2.19. The van der Waals surface area contributed by atoms with E-state index < -0.39 is 5.60 Å². The number of rotatable bonds is 7. The summed E-state index contributed by atoms with van der Waals surface area (Å²) in [5, 5.41) is 13.5. The van der Waals surface area contributed by atoms with Crippen LogP contribution in [0, 0.1) is 0 Å². The highest BCUT2D eigenvalue weighted by Crippen LogP contribution is 2.16. The van der Waals surface area contributed by atoms with Crippen LogP contribution < -0.4 is 10.1 Å². The van der Waals surface area contributed by atoms with Gasteiger partial charge in [0.2, 0.25) is 0 Å². The van der Waals surface area contributed by atoms with E-state index in [1.807, 2.05) is 31.2 Å². The molecule has 0 heterocycles. The lowest BCUT2D eigenvalue weighted by Crippen LogP contribution is -2.40. The lowest BCUT2D eigenvalue weighted by Gasteiger charge is -2.25. The zero-order valence-electron chi connectivity index (χ0n) is 11.9. The van der Waals surface area contributed by atoms with Crippen LogP contribution in [0.2, 0.25) is 0 Å². The monoisotopic (exact) mass is 251 g/mol. The summed E-state index contributed by atoms with van der Waals surface area (Å²) >= 11 is 0. The van der Waals surface area contributed by atoms with Gasteiger partial charge in [-0.2, -0.15) is 0 Å². The molecule has 0 saturated heterocycles. The third-order valence-electron chi connectivity index (χ3n) is 3.00. The average molecular weight is 251 g/mol. The highest BCUT2D eigenvalue weighted by atomic mass is 16.5. The first kappa shape index (κ1) is 15.0. The molecule has 0 saturated carbocycles. The van der Waals surface area contributed by atoms with Crippen LogP contribution in [-0.2, 0) is 6.42 Å². The number of hydrogen-bond acceptors (Lipinski definition) is 3. The van der Waals surface area contributed by atoms with Crippen LogP contribution in [0.4, 0.5) is 0 Å². The molecule has 0 amide bonds. The van der Waals surface area contributed by atoms with Gasteiger partial charge in [0.15, 0.2) is 0 Å². The van der Waals surface area contributed by atoms with Gasteiger partial charge in [-0.25, -0.2) is 0 Å². The van der Waals surface area contributed by atoms with Gasteiger partial charge >= 0.3 is 0 Å². The van der Waals surface area contributed by atoms with Gasteiger partial charge in [-0.05, 0) is 37.5 Å². The second-order valence-electron chi connectivity index (χ2n) is 5.38. The summed E-state index contributed by atoms with van der Waals surface area (Å²) in [4.78, 5) is 0. The Labute approximate surface area is 110 Å². The van der Waals surface area contributed by atoms with Crippen molar-refractivity contribution >= 4 is 0 Å². The Kier molecular flexibility index (Phi) is 5.63. The molecule has 0 bridgehead atoms. The van der Waals surface area contributed by atoms with E-state index in [2.05, 4.69) is 19.2 Å². The number of benzene rings is 1. The maximum absolute atomic E-state index is 10.2. The molecule has 1 atom stereocenters. The summed E-state index contributed by atoms with van der Waals surface area (Å²) in [5.74, 6) is 0.868. The summed E-state index contributed by atoms with van der Waals surface area (Å²) in [6.07, 6.45) is 1.62. The third kappa shape index (κ3) is 5.52. The molecule has 102 valence electrons. The Morgan fingerprint density at radius 3 is 2.39 bits per heavy atom. The summed E-state index contributed by atoms with van der Waals surface area (Å²) in [6.45, 7) is 6.67. The number of aliphatic hydroxyl groups is 1. The predicted molar refractivity (Wildman–Crippen MR) is 75.1 cm³/mol. The van der Waals surface area contributed by atoms with Gasteiger partial charge in [0.25, 0.3) is 0 Å². The fourth-order valence-electron chi connectivity index (χ4n) is 1.72. The number of nitrogens with one attached hydrogen (secondary N) is 1. The first-order valence-electron chi connectivity index (χ1n) is 6.51. The van der Waals surface area contributed by atoms with Crippen molar-refractivity contribution in [3.05, 3.63) is 29.8 Å². The van der Waals surface area contributed by atoms with Crippen molar-refractivity contribution in [2.45, 2.75) is 45.3 Å². The minimum absolute atomic E-state index is 0.400. The fourth-order valence-corrected chi connectivity index (χ4v) is 1.72. The van der Waals surface area contributed by atoms with Crippen LogP contribution >= 0.6 is 0 Å². The van der Waals surface area contributed by atoms with E-state index in [0.29, 0.717) is 12.6 Å². The van der Waals surface area contributed by atoms with Crippen molar-refractivity contribution in [2.24, 2.45) is 0 Å². The zero-order chi connectivity index (χ0) is 13.6. The molecule has 1 rings (SSSR count). The van der Waals surface area contributed by atoms with Crippen LogP contribution in [0.1, 0.15) is 32.8 Å². The summed E-state index contributed by atoms with van der Waals surface area (Å²) in [5.41, 5.74) is 0.560. The molecule has 1 unspecified atom stereocenters. The maximum Gasteiger partial charge on any atom is 0.118 e. The molecular formula is C15H25NO2. The SMILES string of the molecule is COc1ccc(CCC(C)(O)CNC(C)C)cc1. The Bertz CT molecular complexity index is 344. The van der Waals surface area contributed by atoms with Crippen molar-refractivity contribution in [2.75, 3.05) is 13.7 Å². The average Bonchev–Trinajstić information content (AvgIpc) is 2.35. The Morgan fingerprint density at radius 1 is 1.28 bits per heavy atom. The molecule has 0 aliphatic carbocycles. The lowest BCUT2D eigenvalue weighted by molar-refractivity contribution is 0.0492. The normalized spacial score (nSPS) is 14.6. The van der Waals surface area contributed by atoms with Gasteiger partial charge < -0.3 is 15.2 Å². The van der Waals surface area contributed by atoms with Gasteiger partial charge in [-0.3, -0.25) is 0 Å². The van der Waals surface area contributed by atoms with Crippen molar-refractivity contribution in [1.29, 1.82) is 0 Å². The molecule has 0 aromatic heterocycles. The first-order chi connectivity index (χ1) is 8.43. The van der Waals surface area contributed by atoms with Crippen molar-refractivity contribution in [1.82, 2.24) is 5.32 Å². The van der Waals surface area contributed by atoms with E-state index in [9.17, 15) is 5.11 Å². The van der Waals surface area contributed by atoms with Crippen molar-refractivity contribution in [3.8, 4) is 5.75 Å². The Morgan fingerprint density at radius 2 is 1.89 bits per heavy atom. The second kappa shape index (κ2) is 6.76. The van der Waals surface area contributed by atoms with Crippen molar-refractivity contribution < 1.29 is 9.84 Å². The maximum atomic E-state index is 10.2. The van der Waals surface area contributed by atoms with Crippen LogP contribution in [0.15, 0.2) is 24.3 Å². The standard InChI is InChI=1S/C15H25NO2/c1-12(2)16-11-15(3,17)10-9-13-5-7-14(18-4)8-6-13/h5-8,12,16-17H,9-11H2,1-4H3. The Hall–Kier alpha value is -1.06. The topological polar surface area (TPSA) is 41.5 Å². The van der Waals surface area contributed by atoms with E-state index >= 15 is 0 Å². The number of ether oxygens (including phenoxy) is 1. The quantitative estimate of drug-likeness (QED) is 0.782. The molecule has 0 aliphatic rings. The van der Waals surface area contributed by atoms with Crippen LogP contribution in [0.3, 0.4) is 0 Å². The lowest BCUT2D eigenvalue weighted by atomic mass is 9.96. The minimum Gasteiger partial charge on any atom is -0.497 e. The predicted octanol–water partition coefficient (Wildman–Crippen LogP) is 2.38. The van der Waals surface area contributed by atoms with Gasteiger partial charge in [-0.1, -0.05) is 26.0 Å². The molecule has 2 N–H and O–H groups in total. The molecule has 0 fully saturated rings. The summed E-state index contributed by atoms with van der Waals surface area (Å²) in [7, 11) is 1.66. The Balaban J connectivity index is 2.42. The molecule has 0 radical (unpaired) electrons. The van der Waals surface area contributed by atoms with Crippen LogP contribution in [0.5, 0.6) is 5.75 Å². The minimum atomic E-state index is -0.663. The molecule has 3 nitrogen and oxygen atoms in total. The third-order valence-corrected chi connectivity index (χ3v) is 3.00. The molecule has 0 aliphatic heterocycles. The van der Waals surface area contributed by atoms with Crippen LogP contribution in [0.25, 0.3) is 0 Å². The zero-order valence-corrected chi connectivity index (χ0v) is 11.9. The molecule has 1 aromatic rings. The van der Waals surface area contributed by atoms with Crippen molar-refractivity contribution in [3.63, 3.8) is 0 Å². The largest absolute Gasteiger partial charge is 0.497 e. The van der Waals surface area contributed by atoms with E-state index in [1.54, 1.807) is 7.11 Å². The van der Waals surface area contributed by atoms with Gasteiger partial charge in [0, 0.05) is 12.6 Å². The molecule has 0 spiro atoms. The smallest absolute Gasteiger partial charge is 0.118 e. The number of hydrogen-bond donors (Lipinski definition) is 2. The van der Waals surface area contributed by atoms with E-state index in [0.717, 1.165) is 18.6 Å². The number of aryl methyl sites for hydroxylation is 1. The fraction of sp³-hybridized carbons (Fsp3) is 0.600. The summed E-state index contributed by atoms with van der Waals surface area (Å²) in [6, 6.07) is 8.40. The first-order valence-corrected chi connectivity index (χ1v) is 6.51. The molecule has 1 aromatic carbocycles.